The molecule has 0 atom stereocenters. The Labute approximate surface area is 335 Å². The van der Waals surface area contributed by atoms with E-state index in [1.165, 1.54) is 11.1 Å². The molecule has 57 heavy (non-hydrogen) atoms. The third kappa shape index (κ3) is 6.02. The number of fused-ring (bicyclic) bond motifs is 6. The molecule has 276 valence electrons. The molecule has 2 heterocycles. The summed E-state index contributed by atoms with van der Waals surface area (Å²) in [6, 6.07) is 60.8. The van der Waals surface area contributed by atoms with Crippen molar-refractivity contribution in [2.24, 2.45) is 0 Å². The van der Waals surface area contributed by atoms with Gasteiger partial charge in [-0.25, -0.2) is 0 Å². The Morgan fingerprint density at radius 1 is 0.421 bits per heavy atom. The van der Waals surface area contributed by atoms with Crippen LogP contribution >= 0.6 is 0 Å². The van der Waals surface area contributed by atoms with Gasteiger partial charge in [0.1, 0.15) is 23.0 Å². The van der Waals surface area contributed by atoms with Crippen LogP contribution in [0.5, 0.6) is 23.0 Å². The molecule has 0 spiro atoms. The second-order valence-corrected chi connectivity index (χ2v) is 16.4. The first-order chi connectivity index (χ1) is 27.7. The molecule has 4 nitrogen and oxygen atoms in total. The van der Waals surface area contributed by atoms with Gasteiger partial charge in [0.05, 0.1) is 5.69 Å². The molecule has 2 aliphatic heterocycles. The molecule has 5 heteroatoms. The fourth-order valence-corrected chi connectivity index (χ4v) is 8.65. The molecule has 0 saturated carbocycles. The molecular weight excluding hydrogens is 695 g/mol. The Kier molecular flexibility index (Phi) is 8.23. The second-order valence-electron chi connectivity index (χ2n) is 16.4. The normalized spacial score (nSPS) is 12.5. The van der Waals surface area contributed by atoms with Crippen molar-refractivity contribution in [3.05, 3.63) is 187 Å². The van der Waals surface area contributed by atoms with Crippen LogP contribution in [0.15, 0.2) is 170 Å². The molecule has 8 aromatic carbocycles. The van der Waals surface area contributed by atoms with Gasteiger partial charge in [-0.3, -0.25) is 0 Å². The Morgan fingerprint density at radius 3 is 1.51 bits per heavy atom. The molecule has 0 bridgehead atoms. The van der Waals surface area contributed by atoms with Crippen LogP contribution in [-0.4, -0.2) is 6.71 Å². The molecule has 0 radical (unpaired) electrons. The van der Waals surface area contributed by atoms with E-state index in [-0.39, 0.29) is 12.1 Å². The van der Waals surface area contributed by atoms with Gasteiger partial charge in [0.15, 0.2) is 0 Å². The van der Waals surface area contributed by atoms with Crippen molar-refractivity contribution in [3.63, 3.8) is 0 Å². The Morgan fingerprint density at radius 2 is 0.930 bits per heavy atom. The highest BCUT2D eigenvalue weighted by atomic mass is 16.5. The minimum Gasteiger partial charge on any atom is -0.458 e. The highest BCUT2D eigenvalue weighted by Crippen LogP contribution is 2.46. The molecule has 0 saturated heterocycles. The van der Waals surface area contributed by atoms with Crippen LogP contribution in [0, 0.1) is 13.8 Å². The lowest BCUT2D eigenvalue weighted by molar-refractivity contribution is 0.459. The van der Waals surface area contributed by atoms with Crippen molar-refractivity contribution in [3.8, 4) is 23.0 Å². The van der Waals surface area contributed by atoms with Gasteiger partial charge >= 0.3 is 0 Å². The first-order valence-corrected chi connectivity index (χ1v) is 19.8. The summed E-state index contributed by atoms with van der Waals surface area (Å²) in [6.07, 6.45) is 0. The predicted octanol–water partition coefficient (Wildman–Crippen LogP) is 12.4. The van der Waals surface area contributed by atoms with E-state index in [0.717, 1.165) is 89.8 Å². The van der Waals surface area contributed by atoms with Crippen LogP contribution in [0.2, 0.25) is 0 Å². The standard InChI is InChI=1S/C52H43BN2O2/c1-34-16-14-22-39(28-34)54(40-23-15-17-35(2)29-40)41-26-27-44-46(32-41)56-47-30-36(52(3,4)5)31-48-51(47)53(44)50-43-25-13-12-24-42(43)45(33-49(50)57-48)55(37-18-8-6-9-19-37)38-20-10-7-11-21-38/h6-33H,1-5H3. The number of nitrogens with zero attached hydrogens (tertiary/aromatic N) is 2. The van der Waals surface area contributed by atoms with Gasteiger partial charge in [0.25, 0.3) is 6.71 Å². The SMILES string of the molecule is Cc1cccc(N(c2cccc(C)c2)c2ccc3c(c2)Oc2cc(C(C)(C)C)cc4c2B3c2c(cc(N(c3ccccc3)c3ccccc3)c3ccccc23)O4)c1. The smallest absolute Gasteiger partial charge is 0.261 e. The maximum Gasteiger partial charge on any atom is 0.261 e. The van der Waals surface area contributed by atoms with Crippen LogP contribution in [0.4, 0.5) is 34.1 Å². The molecular formula is C52H43BN2O2. The number of aryl methyl sites for hydroxylation is 2. The maximum atomic E-state index is 7.13. The van der Waals surface area contributed by atoms with Gasteiger partial charge in [-0.15, -0.1) is 0 Å². The predicted molar refractivity (Wildman–Crippen MR) is 239 cm³/mol. The molecule has 0 unspecified atom stereocenters. The maximum absolute atomic E-state index is 7.13. The highest BCUT2D eigenvalue weighted by molar-refractivity contribution is 6.99. The summed E-state index contributed by atoms with van der Waals surface area (Å²) in [4.78, 5) is 4.67. The third-order valence-corrected chi connectivity index (χ3v) is 11.4. The molecule has 0 aliphatic carbocycles. The van der Waals surface area contributed by atoms with E-state index in [4.69, 9.17) is 9.47 Å². The van der Waals surface area contributed by atoms with Crippen molar-refractivity contribution in [1.82, 2.24) is 0 Å². The first-order valence-electron chi connectivity index (χ1n) is 19.8. The zero-order valence-electron chi connectivity index (χ0n) is 33.0. The Hall–Kier alpha value is -6.72. The van der Waals surface area contributed by atoms with Gasteiger partial charge in [-0.05, 0) is 119 Å². The number of para-hydroxylation sites is 2. The van der Waals surface area contributed by atoms with Gasteiger partial charge < -0.3 is 19.3 Å². The lowest BCUT2D eigenvalue weighted by Crippen LogP contribution is -2.57. The van der Waals surface area contributed by atoms with E-state index >= 15 is 0 Å². The van der Waals surface area contributed by atoms with E-state index < -0.39 is 0 Å². The molecule has 0 N–H and O–H groups in total. The molecule has 0 fully saturated rings. The third-order valence-electron chi connectivity index (χ3n) is 11.4. The number of benzene rings is 8. The number of ether oxygens (including phenoxy) is 2. The van der Waals surface area contributed by atoms with Crippen molar-refractivity contribution in [2.75, 3.05) is 9.80 Å². The molecule has 0 aromatic heterocycles. The van der Waals surface area contributed by atoms with Crippen LogP contribution in [0.25, 0.3) is 10.8 Å². The minimum atomic E-state index is -0.130. The van der Waals surface area contributed by atoms with E-state index in [1.807, 2.05) is 0 Å². The van der Waals surface area contributed by atoms with Crippen LogP contribution in [0.3, 0.4) is 0 Å². The zero-order chi connectivity index (χ0) is 38.8. The Bertz CT molecular complexity index is 2740. The monoisotopic (exact) mass is 738 g/mol. The highest BCUT2D eigenvalue weighted by Gasteiger charge is 2.43. The van der Waals surface area contributed by atoms with E-state index in [9.17, 15) is 0 Å². The largest absolute Gasteiger partial charge is 0.458 e. The molecule has 8 aromatic rings. The van der Waals surface area contributed by atoms with Crippen molar-refractivity contribution in [2.45, 2.75) is 40.0 Å². The summed E-state index contributed by atoms with van der Waals surface area (Å²) in [6.45, 7) is 10.9. The summed E-state index contributed by atoms with van der Waals surface area (Å²) in [5, 5.41) is 2.31. The van der Waals surface area contributed by atoms with E-state index in [1.54, 1.807) is 0 Å². The summed E-state index contributed by atoms with van der Waals surface area (Å²) in [5.41, 5.74) is 13.3. The average molecular weight is 739 g/mol. The lowest BCUT2D eigenvalue weighted by atomic mass is 9.34. The Balaban J connectivity index is 1.22. The summed E-state index contributed by atoms with van der Waals surface area (Å²) >= 11 is 0. The minimum absolute atomic E-state index is 0.113. The quantitative estimate of drug-likeness (QED) is 0.159. The molecule has 2 aliphatic rings. The van der Waals surface area contributed by atoms with Gasteiger partial charge in [-0.2, -0.15) is 0 Å². The zero-order valence-corrected chi connectivity index (χ0v) is 33.0. The van der Waals surface area contributed by atoms with E-state index in [2.05, 4.69) is 214 Å². The molecule has 0 amide bonds. The van der Waals surface area contributed by atoms with Crippen LogP contribution in [-0.2, 0) is 5.41 Å². The average Bonchev–Trinajstić information content (AvgIpc) is 3.21. The van der Waals surface area contributed by atoms with Crippen LogP contribution in [0.1, 0.15) is 37.5 Å². The summed E-state index contributed by atoms with van der Waals surface area (Å²) < 4.78 is 14.2. The number of hydrogen-bond acceptors (Lipinski definition) is 4. The number of anilines is 6. The van der Waals surface area contributed by atoms with E-state index in [0.29, 0.717) is 0 Å². The fourth-order valence-electron chi connectivity index (χ4n) is 8.65. The topological polar surface area (TPSA) is 24.9 Å². The summed E-state index contributed by atoms with van der Waals surface area (Å²) in [5.74, 6) is 3.40. The van der Waals surface area contributed by atoms with Gasteiger partial charge in [0, 0.05) is 51.4 Å². The summed E-state index contributed by atoms with van der Waals surface area (Å²) in [7, 11) is 0. The number of hydrogen-bond donors (Lipinski definition) is 0. The fraction of sp³-hybridized carbons (Fsp3) is 0.115. The van der Waals surface area contributed by atoms with Crippen molar-refractivity contribution >= 4 is 68.0 Å². The van der Waals surface area contributed by atoms with Gasteiger partial charge in [-0.1, -0.05) is 112 Å². The molecule has 10 rings (SSSR count). The van der Waals surface area contributed by atoms with Gasteiger partial charge in [0.2, 0.25) is 0 Å². The van der Waals surface area contributed by atoms with Crippen molar-refractivity contribution < 1.29 is 9.47 Å². The van der Waals surface area contributed by atoms with Crippen LogP contribution < -0.4 is 35.7 Å². The van der Waals surface area contributed by atoms with Crippen molar-refractivity contribution in [1.29, 1.82) is 0 Å². The lowest BCUT2D eigenvalue weighted by Gasteiger charge is -2.37. The first kappa shape index (κ1) is 34.8. The number of rotatable bonds is 6. The second kappa shape index (κ2) is 13.5.